The van der Waals surface area contributed by atoms with Gasteiger partial charge in [-0.3, -0.25) is 4.79 Å². The van der Waals surface area contributed by atoms with Gasteiger partial charge in [0.1, 0.15) is 11.6 Å². The highest BCUT2D eigenvalue weighted by Crippen LogP contribution is 2.23. The minimum absolute atomic E-state index is 0.310. The summed E-state index contributed by atoms with van der Waals surface area (Å²) in [6.07, 6.45) is -0.705. The molecule has 2 atom stereocenters. The van der Waals surface area contributed by atoms with E-state index < -0.39 is 12.1 Å². The summed E-state index contributed by atoms with van der Waals surface area (Å²) in [5.74, 6) is -0.0619. The Balaban J connectivity index is 2.01. The van der Waals surface area contributed by atoms with E-state index >= 15 is 0 Å². The van der Waals surface area contributed by atoms with Crippen LogP contribution in [0.25, 0.3) is 0 Å². The summed E-state index contributed by atoms with van der Waals surface area (Å²) in [6.45, 7) is 5.24. The quantitative estimate of drug-likeness (QED) is 0.877. The van der Waals surface area contributed by atoms with Gasteiger partial charge in [0.15, 0.2) is 6.10 Å². The summed E-state index contributed by atoms with van der Waals surface area (Å²) in [5, 5.41) is 3.37. The summed E-state index contributed by atoms with van der Waals surface area (Å²) in [7, 11) is 0. The Labute approximate surface area is 140 Å². The van der Waals surface area contributed by atoms with Crippen LogP contribution in [0, 0.1) is 12.7 Å². The van der Waals surface area contributed by atoms with Gasteiger partial charge in [-0.05, 0) is 50.6 Å². The standard InChI is InChI=1S/C18H19ClFNO2/c1-11-10-14(19)8-9-17(11)23-13(3)18(22)21-12(2)15-6-4-5-7-16(15)20/h4-10,12-13H,1-3H3,(H,21,22)/t12-,13+/m1/s1. The third-order valence-corrected chi connectivity index (χ3v) is 3.78. The van der Waals surface area contributed by atoms with E-state index in [1.54, 1.807) is 50.2 Å². The lowest BCUT2D eigenvalue weighted by Crippen LogP contribution is -2.38. The molecule has 0 saturated carbocycles. The molecule has 0 spiro atoms. The first-order valence-electron chi connectivity index (χ1n) is 7.36. The summed E-state index contributed by atoms with van der Waals surface area (Å²) in [5.41, 5.74) is 1.29. The van der Waals surface area contributed by atoms with Crippen molar-refractivity contribution < 1.29 is 13.9 Å². The van der Waals surface area contributed by atoms with Crippen LogP contribution in [-0.4, -0.2) is 12.0 Å². The van der Waals surface area contributed by atoms with Gasteiger partial charge in [-0.15, -0.1) is 0 Å². The van der Waals surface area contributed by atoms with E-state index in [2.05, 4.69) is 5.32 Å². The summed E-state index contributed by atoms with van der Waals surface area (Å²) in [4.78, 5) is 12.2. The van der Waals surface area contributed by atoms with Crippen LogP contribution in [0.1, 0.15) is 31.0 Å². The van der Waals surface area contributed by atoms with E-state index in [-0.39, 0.29) is 11.7 Å². The van der Waals surface area contributed by atoms with Crippen LogP contribution in [0.4, 0.5) is 4.39 Å². The molecule has 0 aliphatic carbocycles. The minimum atomic E-state index is -0.705. The van der Waals surface area contributed by atoms with Crippen LogP contribution in [0.3, 0.4) is 0 Å². The van der Waals surface area contributed by atoms with Crippen LogP contribution in [0.2, 0.25) is 5.02 Å². The molecule has 0 aromatic heterocycles. The van der Waals surface area contributed by atoms with Crippen LogP contribution < -0.4 is 10.1 Å². The molecular weight excluding hydrogens is 317 g/mol. The lowest BCUT2D eigenvalue weighted by atomic mass is 10.1. The topological polar surface area (TPSA) is 38.3 Å². The molecule has 0 radical (unpaired) electrons. The van der Waals surface area contributed by atoms with E-state index in [1.807, 2.05) is 6.92 Å². The number of ether oxygens (including phenoxy) is 1. The first kappa shape index (κ1) is 17.3. The predicted molar refractivity (Wildman–Crippen MR) is 89.2 cm³/mol. The lowest BCUT2D eigenvalue weighted by molar-refractivity contribution is -0.127. The second-order valence-electron chi connectivity index (χ2n) is 5.42. The maximum atomic E-state index is 13.7. The Morgan fingerprint density at radius 2 is 1.91 bits per heavy atom. The predicted octanol–water partition coefficient (Wildman–Crippen LogP) is 4.43. The van der Waals surface area contributed by atoms with E-state index in [9.17, 15) is 9.18 Å². The average Bonchev–Trinajstić information content (AvgIpc) is 2.50. The smallest absolute Gasteiger partial charge is 0.261 e. The molecule has 0 saturated heterocycles. The van der Waals surface area contributed by atoms with Crippen molar-refractivity contribution in [2.24, 2.45) is 0 Å². The maximum Gasteiger partial charge on any atom is 0.261 e. The Bertz CT molecular complexity index is 705. The molecule has 5 heteroatoms. The Morgan fingerprint density at radius 3 is 2.57 bits per heavy atom. The number of halogens is 2. The second kappa shape index (κ2) is 7.47. The fraction of sp³-hybridized carbons (Fsp3) is 0.278. The van der Waals surface area contributed by atoms with Gasteiger partial charge in [0, 0.05) is 10.6 Å². The Kier molecular flexibility index (Phi) is 5.61. The van der Waals surface area contributed by atoms with Crippen LogP contribution >= 0.6 is 11.6 Å². The second-order valence-corrected chi connectivity index (χ2v) is 5.86. The fourth-order valence-electron chi connectivity index (χ4n) is 2.22. The van der Waals surface area contributed by atoms with Crippen molar-refractivity contribution in [3.8, 4) is 5.75 Å². The van der Waals surface area contributed by atoms with Crippen LogP contribution in [0.5, 0.6) is 5.75 Å². The maximum absolute atomic E-state index is 13.7. The molecule has 0 aliphatic heterocycles. The van der Waals surface area contributed by atoms with Crippen LogP contribution in [0.15, 0.2) is 42.5 Å². The molecule has 23 heavy (non-hydrogen) atoms. The number of carbonyl (C=O) groups is 1. The molecule has 0 fully saturated rings. The van der Waals surface area contributed by atoms with Gasteiger partial charge in [-0.1, -0.05) is 29.8 Å². The van der Waals surface area contributed by atoms with Gasteiger partial charge >= 0.3 is 0 Å². The van der Waals surface area contributed by atoms with E-state index in [4.69, 9.17) is 16.3 Å². The number of carbonyl (C=O) groups excluding carboxylic acids is 1. The summed E-state index contributed by atoms with van der Waals surface area (Å²) in [6, 6.07) is 11.1. The monoisotopic (exact) mass is 335 g/mol. The molecule has 122 valence electrons. The number of hydrogen-bond donors (Lipinski definition) is 1. The van der Waals surface area contributed by atoms with Crippen molar-refractivity contribution >= 4 is 17.5 Å². The minimum Gasteiger partial charge on any atom is -0.481 e. The number of aryl methyl sites for hydroxylation is 1. The Morgan fingerprint density at radius 1 is 1.22 bits per heavy atom. The molecule has 0 bridgehead atoms. The first-order valence-corrected chi connectivity index (χ1v) is 7.74. The van der Waals surface area contributed by atoms with Crippen molar-refractivity contribution in [3.05, 3.63) is 64.4 Å². The highest BCUT2D eigenvalue weighted by atomic mass is 35.5. The van der Waals surface area contributed by atoms with Gasteiger partial charge in [-0.2, -0.15) is 0 Å². The molecule has 2 aromatic carbocycles. The largest absolute Gasteiger partial charge is 0.481 e. The van der Waals surface area contributed by atoms with Crippen molar-refractivity contribution in [3.63, 3.8) is 0 Å². The SMILES string of the molecule is Cc1cc(Cl)ccc1O[C@@H](C)C(=O)N[C@H](C)c1ccccc1F. The van der Waals surface area contributed by atoms with Gasteiger partial charge in [0.2, 0.25) is 0 Å². The number of amides is 1. The van der Waals surface area contributed by atoms with E-state index in [1.165, 1.54) is 6.07 Å². The van der Waals surface area contributed by atoms with Gasteiger partial charge < -0.3 is 10.1 Å². The normalized spacial score (nSPS) is 13.3. The number of nitrogens with one attached hydrogen (secondary N) is 1. The summed E-state index contributed by atoms with van der Waals surface area (Å²) < 4.78 is 19.4. The molecule has 1 amide bonds. The lowest BCUT2D eigenvalue weighted by Gasteiger charge is -2.20. The molecule has 2 aromatic rings. The van der Waals surface area contributed by atoms with Gasteiger partial charge in [0.05, 0.1) is 6.04 Å². The third kappa shape index (κ3) is 4.45. The fourth-order valence-corrected chi connectivity index (χ4v) is 2.45. The van der Waals surface area contributed by atoms with Gasteiger partial charge in [-0.25, -0.2) is 4.39 Å². The first-order chi connectivity index (χ1) is 10.9. The molecule has 2 rings (SSSR count). The van der Waals surface area contributed by atoms with E-state index in [0.717, 1.165) is 5.56 Å². The molecule has 0 heterocycles. The molecule has 0 unspecified atom stereocenters. The Hall–Kier alpha value is -2.07. The van der Waals surface area contributed by atoms with Crippen molar-refractivity contribution in [1.82, 2.24) is 5.32 Å². The highest BCUT2D eigenvalue weighted by molar-refractivity contribution is 6.30. The molecule has 3 nitrogen and oxygen atoms in total. The molecular formula is C18H19ClFNO2. The van der Waals surface area contributed by atoms with Crippen LogP contribution in [-0.2, 0) is 4.79 Å². The third-order valence-electron chi connectivity index (χ3n) is 3.54. The molecule has 0 aliphatic rings. The van der Waals surface area contributed by atoms with Gasteiger partial charge in [0.25, 0.3) is 5.91 Å². The van der Waals surface area contributed by atoms with E-state index in [0.29, 0.717) is 16.3 Å². The average molecular weight is 336 g/mol. The van der Waals surface area contributed by atoms with Crippen molar-refractivity contribution in [1.29, 1.82) is 0 Å². The number of hydrogen-bond acceptors (Lipinski definition) is 2. The highest BCUT2D eigenvalue weighted by Gasteiger charge is 2.19. The molecule has 1 N–H and O–H groups in total. The van der Waals surface area contributed by atoms with Crippen molar-refractivity contribution in [2.75, 3.05) is 0 Å². The van der Waals surface area contributed by atoms with Crippen molar-refractivity contribution in [2.45, 2.75) is 32.9 Å². The zero-order valence-electron chi connectivity index (χ0n) is 13.3. The number of benzene rings is 2. The zero-order valence-corrected chi connectivity index (χ0v) is 14.0. The number of rotatable bonds is 5. The zero-order chi connectivity index (χ0) is 17.0. The summed E-state index contributed by atoms with van der Waals surface area (Å²) >= 11 is 5.90.